The van der Waals surface area contributed by atoms with Crippen molar-refractivity contribution in [2.24, 2.45) is 0 Å². The maximum absolute atomic E-state index is 13.5. The molecule has 0 bridgehead atoms. The lowest BCUT2D eigenvalue weighted by molar-refractivity contribution is -0.112. The number of carbonyl (C=O) groups excluding carboxylic acids is 2. The number of thiophene rings is 1. The minimum absolute atomic E-state index is 0.103. The minimum atomic E-state index is -0.594. The van der Waals surface area contributed by atoms with Crippen LogP contribution in [0.2, 0.25) is 5.02 Å². The number of fused-ring (bicyclic) bond motifs is 2. The van der Waals surface area contributed by atoms with E-state index in [1.54, 1.807) is 25.1 Å². The first-order chi connectivity index (χ1) is 19.5. The molecule has 1 aliphatic rings. The zero-order valence-corrected chi connectivity index (χ0v) is 23.5. The van der Waals surface area contributed by atoms with Crippen LogP contribution < -0.4 is 10.1 Å². The summed E-state index contributed by atoms with van der Waals surface area (Å²) in [5, 5.41) is 15.7. The Morgan fingerprint density at radius 3 is 2.62 bits per heavy atom. The van der Waals surface area contributed by atoms with Gasteiger partial charge in [-0.25, -0.2) is 4.79 Å². The van der Waals surface area contributed by atoms with Gasteiger partial charge in [0.25, 0.3) is 5.91 Å². The third-order valence-corrected chi connectivity index (χ3v) is 8.23. The van der Waals surface area contributed by atoms with E-state index < -0.39 is 11.9 Å². The molecule has 1 heterocycles. The van der Waals surface area contributed by atoms with Crippen LogP contribution in [0.5, 0.6) is 5.75 Å². The van der Waals surface area contributed by atoms with Gasteiger partial charge in [0, 0.05) is 15.5 Å². The lowest BCUT2D eigenvalue weighted by Gasteiger charge is -2.13. The summed E-state index contributed by atoms with van der Waals surface area (Å²) in [6.07, 6.45) is 5.18. The highest BCUT2D eigenvalue weighted by atomic mass is 35.5. The molecule has 0 fully saturated rings. The second kappa shape index (κ2) is 12.4. The third-order valence-electron chi connectivity index (χ3n) is 6.77. The molecule has 4 aromatic rings. The van der Waals surface area contributed by atoms with Crippen LogP contribution >= 0.6 is 22.9 Å². The number of ether oxygens (including phenoxy) is 2. The smallest absolute Gasteiger partial charge is 0.341 e. The van der Waals surface area contributed by atoms with Gasteiger partial charge in [0.15, 0.2) is 0 Å². The van der Waals surface area contributed by atoms with E-state index in [4.69, 9.17) is 21.1 Å². The predicted octanol–water partition coefficient (Wildman–Crippen LogP) is 7.73. The molecule has 1 amide bonds. The molecule has 8 heteroatoms. The highest BCUT2D eigenvalue weighted by Gasteiger charge is 2.28. The number of nitriles is 1. The summed E-state index contributed by atoms with van der Waals surface area (Å²) in [7, 11) is 0. The molecule has 1 aromatic heterocycles. The quantitative estimate of drug-likeness (QED) is 0.133. The van der Waals surface area contributed by atoms with Crippen molar-refractivity contribution in [1.82, 2.24) is 0 Å². The highest BCUT2D eigenvalue weighted by molar-refractivity contribution is 7.17. The Kier molecular flexibility index (Phi) is 8.49. The Balaban J connectivity index is 1.49. The van der Waals surface area contributed by atoms with Crippen LogP contribution in [-0.2, 0) is 29.0 Å². The first kappa shape index (κ1) is 27.4. The fourth-order valence-corrected chi connectivity index (χ4v) is 6.23. The molecular formula is C32H27ClN2O4S. The molecule has 0 saturated heterocycles. The average molecular weight is 571 g/mol. The predicted molar refractivity (Wildman–Crippen MR) is 159 cm³/mol. The maximum Gasteiger partial charge on any atom is 0.341 e. The Morgan fingerprint density at radius 1 is 1.07 bits per heavy atom. The monoisotopic (exact) mass is 570 g/mol. The van der Waals surface area contributed by atoms with Crippen LogP contribution in [-0.4, -0.2) is 18.5 Å². The molecule has 1 aliphatic carbocycles. The van der Waals surface area contributed by atoms with Gasteiger partial charge >= 0.3 is 5.97 Å². The summed E-state index contributed by atoms with van der Waals surface area (Å²) < 4.78 is 11.5. The number of anilines is 1. The number of amides is 1. The zero-order chi connectivity index (χ0) is 28.1. The van der Waals surface area contributed by atoms with Crippen LogP contribution in [0.25, 0.3) is 16.8 Å². The van der Waals surface area contributed by atoms with Crippen LogP contribution in [0.1, 0.15) is 51.7 Å². The van der Waals surface area contributed by atoms with E-state index >= 15 is 0 Å². The number of nitrogens with one attached hydrogen (secondary N) is 1. The second-order valence-electron chi connectivity index (χ2n) is 9.37. The first-order valence-electron chi connectivity index (χ1n) is 13.1. The largest absolute Gasteiger partial charge is 0.488 e. The molecule has 0 aliphatic heterocycles. The topological polar surface area (TPSA) is 88.4 Å². The van der Waals surface area contributed by atoms with E-state index in [-0.39, 0.29) is 18.8 Å². The van der Waals surface area contributed by atoms with Crippen LogP contribution in [0.15, 0.2) is 66.2 Å². The number of nitrogens with zero attached hydrogens (tertiary/aromatic N) is 1. The van der Waals surface area contributed by atoms with Crippen molar-refractivity contribution < 1.29 is 19.1 Å². The van der Waals surface area contributed by atoms with Gasteiger partial charge in [0.2, 0.25) is 0 Å². The summed E-state index contributed by atoms with van der Waals surface area (Å²) in [5.41, 5.74) is 2.80. The molecule has 0 spiro atoms. The van der Waals surface area contributed by atoms with E-state index in [0.29, 0.717) is 26.9 Å². The molecule has 6 nitrogen and oxygen atoms in total. The van der Waals surface area contributed by atoms with Crippen molar-refractivity contribution in [3.63, 3.8) is 0 Å². The van der Waals surface area contributed by atoms with E-state index in [2.05, 4.69) is 5.32 Å². The highest BCUT2D eigenvalue weighted by Crippen LogP contribution is 2.39. The lowest BCUT2D eigenvalue weighted by Crippen LogP contribution is -2.16. The van der Waals surface area contributed by atoms with Crippen molar-refractivity contribution >= 4 is 56.7 Å². The molecule has 0 radical (unpaired) electrons. The lowest BCUT2D eigenvalue weighted by atomic mass is 9.95. The first-order valence-corrected chi connectivity index (χ1v) is 14.3. The van der Waals surface area contributed by atoms with Crippen molar-refractivity contribution in [2.75, 3.05) is 11.9 Å². The number of rotatable bonds is 8. The molecule has 1 N–H and O–H groups in total. The summed E-state index contributed by atoms with van der Waals surface area (Å²) in [5.74, 6) is -0.511. The fourth-order valence-electron chi connectivity index (χ4n) is 4.83. The van der Waals surface area contributed by atoms with E-state index in [0.717, 1.165) is 52.5 Å². The summed E-state index contributed by atoms with van der Waals surface area (Å²) in [6, 6.07) is 20.9. The van der Waals surface area contributed by atoms with Gasteiger partial charge in [0.05, 0.1) is 12.2 Å². The molecule has 0 atom stereocenters. The van der Waals surface area contributed by atoms with Gasteiger partial charge in [-0.3, -0.25) is 4.79 Å². The fraction of sp³-hybridized carbons (Fsp3) is 0.219. The van der Waals surface area contributed by atoms with Crippen LogP contribution in [0.4, 0.5) is 5.00 Å². The Bertz CT molecular complexity index is 1650. The molecule has 3 aromatic carbocycles. The average Bonchev–Trinajstić information content (AvgIpc) is 3.33. The number of esters is 1. The van der Waals surface area contributed by atoms with Gasteiger partial charge < -0.3 is 14.8 Å². The van der Waals surface area contributed by atoms with Crippen LogP contribution in [0, 0.1) is 11.3 Å². The van der Waals surface area contributed by atoms with E-state index in [9.17, 15) is 14.9 Å². The number of hydrogen-bond acceptors (Lipinski definition) is 6. The molecule has 202 valence electrons. The number of aryl methyl sites for hydroxylation is 1. The second-order valence-corrected chi connectivity index (χ2v) is 10.9. The molecule has 0 unspecified atom stereocenters. The zero-order valence-electron chi connectivity index (χ0n) is 22.0. The SMILES string of the molecule is CCOC(=O)c1c(NC(=O)/C(C#N)=C/c2c(OCc3ccc(Cl)cc3)ccc3ccccc23)sc2c1CCCC2. The normalized spacial score (nSPS) is 12.9. The number of halogens is 1. The van der Waals surface area contributed by atoms with Gasteiger partial charge in [-0.05, 0) is 78.8 Å². The van der Waals surface area contributed by atoms with Crippen LogP contribution in [0.3, 0.4) is 0 Å². The minimum Gasteiger partial charge on any atom is -0.488 e. The van der Waals surface area contributed by atoms with Crippen molar-refractivity contribution in [3.05, 3.63) is 98.4 Å². The Labute approximate surface area is 241 Å². The summed E-state index contributed by atoms with van der Waals surface area (Å²) in [4.78, 5) is 27.4. The van der Waals surface area contributed by atoms with Crippen molar-refractivity contribution in [2.45, 2.75) is 39.2 Å². The molecule has 40 heavy (non-hydrogen) atoms. The van der Waals surface area contributed by atoms with Gasteiger partial charge in [-0.2, -0.15) is 5.26 Å². The standard InChI is InChI=1S/C32H27ClN2O4S/c1-2-38-32(37)29-25-9-5-6-10-28(25)40-31(29)35-30(36)22(18-34)17-26-24-8-4-3-7-21(24)13-16-27(26)39-19-20-11-14-23(33)15-12-20/h3-4,7-8,11-17H,2,5-6,9-10,19H2,1H3,(H,35,36)/b22-17+. The maximum atomic E-state index is 13.5. The van der Waals surface area contributed by atoms with Gasteiger partial charge in [0.1, 0.15) is 29.0 Å². The third kappa shape index (κ3) is 5.89. The molecule has 5 rings (SSSR count). The number of hydrogen-bond donors (Lipinski definition) is 1. The molecule has 0 saturated carbocycles. The summed E-state index contributed by atoms with van der Waals surface area (Å²) in [6.45, 7) is 2.27. The van der Waals surface area contributed by atoms with Gasteiger partial charge in [-0.15, -0.1) is 11.3 Å². The van der Waals surface area contributed by atoms with Gasteiger partial charge in [-0.1, -0.05) is 54.1 Å². The molecular weight excluding hydrogens is 544 g/mol. The van der Waals surface area contributed by atoms with Crippen molar-refractivity contribution in [3.8, 4) is 11.8 Å². The van der Waals surface area contributed by atoms with Crippen molar-refractivity contribution in [1.29, 1.82) is 5.26 Å². The summed E-state index contributed by atoms with van der Waals surface area (Å²) >= 11 is 7.40. The van der Waals surface area contributed by atoms with E-state index in [1.165, 1.54) is 11.3 Å². The number of carbonyl (C=O) groups is 2. The van der Waals surface area contributed by atoms with E-state index in [1.807, 2.05) is 54.6 Å². The number of benzene rings is 3. The Morgan fingerprint density at radius 2 is 1.85 bits per heavy atom. The Hall–Kier alpha value is -4.12.